The third-order valence-electron chi connectivity index (χ3n) is 8.44. The predicted molar refractivity (Wildman–Crippen MR) is 142 cm³/mol. The lowest BCUT2D eigenvalue weighted by Gasteiger charge is -2.46. The van der Waals surface area contributed by atoms with Crippen molar-refractivity contribution in [3.8, 4) is 0 Å². The van der Waals surface area contributed by atoms with Crippen molar-refractivity contribution in [2.45, 2.75) is 136 Å². The van der Waals surface area contributed by atoms with E-state index in [2.05, 4.69) is 0 Å². The van der Waals surface area contributed by atoms with E-state index in [0.29, 0.717) is 0 Å². The van der Waals surface area contributed by atoms with Crippen LogP contribution < -0.4 is 34.4 Å². The van der Waals surface area contributed by atoms with Crippen molar-refractivity contribution in [3.05, 3.63) is 0 Å². The molecule has 1 saturated carbocycles. The summed E-state index contributed by atoms with van der Waals surface area (Å²) in [7, 11) is 0. The van der Waals surface area contributed by atoms with E-state index in [1.165, 1.54) is 0 Å². The van der Waals surface area contributed by atoms with Gasteiger partial charge in [0.1, 0.15) is 54.9 Å². The molecule has 4 fully saturated rings. The van der Waals surface area contributed by atoms with Crippen LogP contribution in [0.3, 0.4) is 0 Å². The van der Waals surface area contributed by atoms with E-state index in [4.69, 9.17) is 62.8 Å². The molecule has 42 heavy (non-hydrogen) atoms. The molecule has 0 aromatic rings. The fourth-order valence-corrected chi connectivity index (χ4v) is 5.95. The summed E-state index contributed by atoms with van der Waals surface area (Å²) in [5, 5.41) is 62.9. The molecular weight excluding hydrogens is 564 g/mol. The van der Waals surface area contributed by atoms with E-state index in [1.54, 1.807) is 6.92 Å². The van der Waals surface area contributed by atoms with Gasteiger partial charge in [0.25, 0.3) is 0 Å². The Balaban J connectivity index is 1.49. The molecule has 246 valence electrons. The molecule has 0 aromatic carbocycles. The number of aliphatic hydroxyl groups excluding tert-OH is 6. The fraction of sp³-hybridized carbons (Fsp3) is 1.00. The third kappa shape index (κ3) is 6.91. The zero-order valence-corrected chi connectivity index (χ0v) is 23.4. The van der Waals surface area contributed by atoms with Crippen LogP contribution in [-0.4, -0.2) is 160 Å². The van der Waals surface area contributed by atoms with E-state index in [1.807, 2.05) is 0 Å². The molecule has 4 rings (SSSR count). The molecule has 19 unspecified atom stereocenters. The Morgan fingerprint density at radius 2 is 1.31 bits per heavy atom. The average Bonchev–Trinajstić information content (AvgIpc) is 3.23. The molecule has 3 heterocycles. The molecule has 4 aliphatic rings. The van der Waals surface area contributed by atoms with Gasteiger partial charge in [-0.25, -0.2) is 0 Å². The van der Waals surface area contributed by atoms with Gasteiger partial charge >= 0.3 is 0 Å². The van der Waals surface area contributed by atoms with E-state index >= 15 is 0 Å². The van der Waals surface area contributed by atoms with E-state index < -0.39 is 123 Å². The molecule has 3 saturated heterocycles. The van der Waals surface area contributed by atoms with E-state index in [9.17, 15) is 30.6 Å². The lowest BCUT2D eigenvalue weighted by molar-refractivity contribution is -0.297. The van der Waals surface area contributed by atoms with Gasteiger partial charge in [0.2, 0.25) is 0 Å². The number of nitrogens with two attached hydrogens (primary N) is 6. The highest BCUT2D eigenvalue weighted by atomic mass is 16.8. The van der Waals surface area contributed by atoms with Crippen LogP contribution in [0, 0.1) is 0 Å². The van der Waals surface area contributed by atoms with Gasteiger partial charge in [-0.3, -0.25) is 0 Å². The Morgan fingerprint density at radius 3 is 1.93 bits per heavy atom. The van der Waals surface area contributed by atoms with Gasteiger partial charge in [-0.2, -0.15) is 0 Å². The van der Waals surface area contributed by atoms with Crippen molar-refractivity contribution in [1.29, 1.82) is 0 Å². The molecule has 18 N–H and O–H groups in total. The first kappa shape index (κ1) is 34.2. The van der Waals surface area contributed by atoms with Crippen LogP contribution in [-0.2, 0) is 28.4 Å². The van der Waals surface area contributed by atoms with Crippen LogP contribution in [0.25, 0.3) is 0 Å². The molecular formula is C24H48N6O12. The van der Waals surface area contributed by atoms with Crippen molar-refractivity contribution in [2.75, 3.05) is 13.2 Å². The third-order valence-corrected chi connectivity index (χ3v) is 8.44. The van der Waals surface area contributed by atoms with Crippen LogP contribution in [0.5, 0.6) is 0 Å². The van der Waals surface area contributed by atoms with Crippen LogP contribution in [0.2, 0.25) is 0 Å². The molecule has 0 bridgehead atoms. The summed E-state index contributed by atoms with van der Waals surface area (Å²) < 4.78 is 35.1. The minimum Gasteiger partial charge on any atom is -0.394 e. The van der Waals surface area contributed by atoms with Crippen LogP contribution in [0.1, 0.15) is 19.8 Å². The van der Waals surface area contributed by atoms with Gasteiger partial charge in [-0.15, -0.1) is 0 Å². The summed E-state index contributed by atoms with van der Waals surface area (Å²) in [5.41, 5.74) is 36.2. The molecule has 0 radical (unpaired) electrons. The monoisotopic (exact) mass is 612 g/mol. The second-order valence-corrected chi connectivity index (χ2v) is 11.7. The molecule has 0 spiro atoms. The van der Waals surface area contributed by atoms with Crippen molar-refractivity contribution in [3.63, 3.8) is 0 Å². The first-order valence-electron chi connectivity index (χ1n) is 14.2. The Bertz CT molecular complexity index is 867. The van der Waals surface area contributed by atoms with Crippen LogP contribution >= 0.6 is 0 Å². The summed E-state index contributed by atoms with van der Waals surface area (Å²) in [6.45, 7) is 0.901. The maximum atomic E-state index is 11.1. The lowest BCUT2D eigenvalue weighted by atomic mass is 9.84. The highest BCUT2D eigenvalue weighted by molar-refractivity contribution is 5.01. The zero-order chi connectivity index (χ0) is 31.0. The second-order valence-electron chi connectivity index (χ2n) is 11.7. The lowest BCUT2D eigenvalue weighted by Crippen LogP contribution is -2.66. The van der Waals surface area contributed by atoms with Crippen LogP contribution in [0.15, 0.2) is 0 Å². The number of ether oxygens (including phenoxy) is 6. The number of rotatable bonds is 9. The van der Waals surface area contributed by atoms with E-state index in [-0.39, 0.29) is 19.4 Å². The van der Waals surface area contributed by atoms with Gasteiger partial charge in [0, 0.05) is 24.7 Å². The van der Waals surface area contributed by atoms with Crippen LogP contribution in [0.4, 0.5) is 0 Å². The number of hydrogen-bond donors (Lipinski definition) is 12. The first-order chi connectivity index (χ1) is 19.8. The Hall–Kier alpha value is -0.720. The van der Waals surface area contributed by atoms with Gasteiger partial charge in [-0.05, 0) is 19.8 Å². The minimum atomic E-state index is -1.56. The van der Waals surface area contributed by atoms with E-state index in [0.717, 1.165) is 0 Å². The summed E-state index contributed by atoms with van der Waals surface area (Å²) in [6, 6.07) is -4.10. The Labute approximate surface area is 243 Å². The van der Waals surface area contributed by atoms with Gasteiger partial charge in [0.15, 0.2) is 18.9 Å². The molecule has 0 amide bonds. The molecule has 19 atom stereocenters. The Kier molecular flexibility index (Phi) is 11.5. The smallest absolute Gasteiger partial charge is 0.187 e. The van der Waals surface area contributed by atoms with Crippen molar-refractivity contribution in [1.82, 2.24) is 0 Å². The minimum absolute atomic E-state index is 0.135. The van der Waals surface area contributed by atoms with Gasteiger partial charge in [-0.1, -0.05) is 0 Å². The van der Waals surface area contributed by atoms with Gasteiger partial charge < -0.3 is 93.5 Å². The van der Waals surface area contributed by atoms with Crippen molar-refractivity contribution < 1.29 is 59.1 Å². The molecule has 3 aliphatic heterocycles. The largest absolute Gasteiger partial charge is 0.394 e. The normalized spacial score (nSPS) is 52.8. The Morgan fingerprint density at radius 1 is 0.690 bits per heavy atom. The standard InChI is InChI=1S/C24H48N6O12/c1-6(26)18-10(32)3-9(29)22(39-18)40-19-8(28)2-7(27)14(33)21(19)42-24-17(36)20(12(5-31)38-24)41-23-13(30)16(35)15(34)11(4-25)37-23/h6-24,31-36H,2-5,25-30H2,1H3. The highest BCUT2D eigenvalue weighted by Crippen LogP contribution is 2.34. The summed E-state index contributed by atoms with van der Waals surface area (Å²) in [4.78, 5) is 0. The summed E-state index contributed by atoms with van der Waals surface area (Å²) in [6.07, 6.45) is -16.7. The quantitative estimate of drug-likeness (QED) is 0.115. The number of aliphatic hydroxyl groups is 6. The molecule has 1 aliphatic carbocycles. The van der Waals surface area contributed by atoms with Crippen molar-refractivity contribution >= 4 is 0 Å². The maximum Gasteiger partial charge on any atom is 0.187 e. The predicted octanol–water partition coefficient (Wildman–Crippen LogP) is -7.48. The topological polar surface area (TPSA) is 333 Å². The fourth-order valence-electron chi connectivity index (χ4n) is 5.95. The van der Waals surface area contributed by atoms with Gasteiger partial charge in [0.05, 0.1) is 30.9 Å². The molecule has 18 heteroatoms. The average molecular weight is 613 g/mol. The molecule has 18 nitrogen and oxygen atoms in total. The summed E-state index contributed by atoms with van der Waals surface area (Å²) >= 11 is 0. The molecule has 0 aromatic heterocycles. The SMILES string of the molecule is CC(N)C1OC(OC2C(N)CC(N)C(O)C2OC2OC(CO)C(OC3OC(CN)C(O)C(O)C3N)C2O)C(N)CC1O. The summed E-state index contributed by atoms with van der Waals surface area (Å²) in [5.74, 6) is 0. The zero-order valence-electron chi connectivity index (χ0n) is 23.4. The number of hydrogen-bond acceptors (Lipinski definition) is 18. The van der Waals surface area contributed by atoms with Crippen molar-refractivity contribution in [2.24, 2.45) is 34.4 Å². The first-order valence-corrected chi connectivity index (χ1v) is 14.2. The highest BCUT2D eigenvalue weighted by Gasteiger charge is 2.54. The maximum absolute atomic E-state index is 11.1. The second kappa shape index (κ2) is 14.1.